The highest BCUT2D eigenvalue weighted by Gasteiger charge is 2.18. The lowest BCUT2D eigenvalue weighted by Gasteiger charge is -2.24. The number of para-hydroxylation sites is 2. The van der Waals surface area contributed by atoms with E-state index >= 15 is 0 Å². The average molecular weight is 353 g/mol. The Morgan fingerprint density at radius 2 is 1.96 bits per heavy atom. The first kappa shape index (κ1) is 18.5. The average Bonchev–Trinajstić information content (AvgIpc) is 2.69. The zero-order valence-electron chi connectivity index (χ0n) is 15.5. The van der Waals surface area contributed by atoms with Crippen molar-refractivity contribution < 1.29 is 14.3 Å². The van der Waals surface area contributed by atoms with E-state index in [-0.39, 0.29) is 12.2 Å². The van der Waals surface area contributed by atoms with E-state index in [1.54, 1.807) is 0 Å². The molecule has 0 bridgehead atoms. The Bertz CT molecular complexity index is 720. The van der Waals surface area contributed by atoms with Gasteiger partial charge < -0.3 is 14.8 Å². The maximum Gasteiger partial charge on any atom is 0.255 e. The van der Waals surface area contributed by atoms with Gasteiger partial charge in [0.15, 0.2) is 6.29 Å². The minimum absolute atomic E-state index is 0.138. The minimum Gasteiger partial charge on any atom is -0.463 e. The monoisotopic (exact) mass is 353 g/mol. The van der Waals surface area contributed by atoms with Gasteiger partial charge in [0.2, 0.25) is 0 Å². The molecule has 1 aliphatic heterocycles. The fourth-order valence-corrected chi connectivity index (χ4v) is 3.01. The van der Waals surface area contributed by atoms with Crippen LogP contribution in [0.4, 0.5) is 5.69 Å². The molecular weight excluding hydrogens is 326 g/mol. The number of carbonyl (C=O) groups excluding carboxylic acids is 1. The molecule has 0 aliphatic carbocycles. The summed E-state index contributed by atoms with van der Waals surface area (Å²) >= 11 is 0. The van der Waals surface area contributed by atoms with Crippen LogP contribution in [0.25, 0.3) is 0 Å². The number of carbonyl (C=O) groups is 1. The SMILES string of the molecule is CCC(C)c1ccc(C(=O)Nc2ccccc2OC2CCCCO2)cc1. The fraction of sp³-hybridized carbons (Fsp3) is 0.409. The van der Waals surface area contributed by atoms with Crippen molar-refractivity contribution in [3.8, 4) is 5.75 Å². The van der Waals surface area contributed by atoms with Crippen LogP contribution in [-0.4, -0.2) is 18.8 Å². The molecule has 2 unspecified atom stereocenters. The number of amides is 1. The Morgan fingerprint density at radius 3 is 2.65 bits per heavy atom. The Morgan fingerprint density at radius 1 is 1.19 bits per heavy atom. The highest BCUT2D eigenvalue weighted by Crippen LogP contribution is 2.28. The smallest absolute Gasteiger partial charge is 0.255 e. The van der Waals surface area contributed by atoms with Gasteiger partial charge in [-0.3, -0.25) is 4.79 Å². The minimum atomic E-state index is -0.239. The van der Waals surface area contributed by atoms with Gasteiger partial charge >= 0.3 is 0 Å². The molecular formula is C22H27NO3. The quantitative estimate of drug-likeness (QED) is 0.761. The van der Waals surface area contributed by atoms with Crippen molar-refractivity contribution in [3.63, 3.8) is 0 Å². The molecule has 2 aromatic carbocycles. The van der Waals surface area contributed by atoms with E-state index in [9.17, 15) is 4.79 Å². The van der Waals surface area contributed by atoms with E-state index in [0.717, 1.165) is 32.3 Å². The number of ether oxygens (including phenoxy) is 2. The van der Waals surface area contributed by atoms with E-state index in [2.05, 4.69) is 19.2 Å². The Kier molecular flexibility index (Phi) is 6.29. The predicted molar refractivity (Wildman–Crippen MR) is 104 cm³/mol. The van der Waals surface area contributed by atoms with Crippen molar-refractivity contribution >= 4 is 11.6 Å². The third-order valence-electron chi connectivity index (χ3n) is 4.89. The van der Waals surface area contributed by atoms with Gasteiger partial charge in [-0.1, -0.05) is 38.1 Å². The van der Waals surface area contributed by atoms with Crippen molar-refractivity contribution in [1.82, 2.24) is 0 Å². The Hall–Kier alpha value is -2.33. The summed E-state index contributed by atoms with van der Waals surface area (Å²) in [6.45, 7) is 5.08. The van der Waals surface area contributed by atoms with Gasteiger partial charge in [0.1, 0.15) is 5.75 Å². The van der Waals surface area contributed by atoms with Crippen molar-refractivity contribution in [2.45, 2.75) is 51.7 Å². The number of hydrogen-bond donors (Lipinski definition) is 1. The molecule has 26 heavy (non-hydrogen) atoms. The van der Waals surface area contributed by atoms with Crippen LogP contribution in [0.15, 0.2) is 48.5 Å². The van der Waals surface area contributed by atoms with E-state index in [1.165, 1.54) is 5.56 Å². The summed E-state index contributed by atoms with van der Waals surface area (Å²) in [4.78, 5) is 12.6. The van der Waals surface area contributed by atoms with Gasteiger partial charge in [0, 0.05) is 12.0 Å². The van der Waals surface area contributed by atoms with Crippen molar-refractivity contribution in [3.05, 3.63) is 59.7 Å². The van der Waals surface area contributed by atoms with Gasteiger partial charge in [0.25, 0.3) is 5.91 Å². The summed E-state index contributed by atoms with van der Waals surface area (Å²) in [5, 5.41) is 2.96. The predicted octanol–water partition coefficient (Wildman–Crippen LogP) is 5.36. The number of rotatable bonds is 6. The summed E-state index contributed by atoms with van der Waals surface area (Å²) in [5.74, 6) is 1.00. The molecule has 2 atom stereocenters. The number of hydrogen-bond acceptors (Lipinski definition) is 3. The largest absolute Gasteiger partial charge is 0.463 e. The Balaban J connectivity index is 1.69. The zero-order chi connectivity index (χ0) is 18.4. The first-order valence-electron chi connectivity index (χ1n) is 9.46. The van der Waals surface area contributed by atoms with Crippen LogP contribution in [0.2, 0.25) is 0 Å². The third-order valence-corrected chi connectivity index (χ3v) is 4.89. The molecule has 0 spiro atoms. The van der Waals surface area contributed by atoms with Crippen LogP contribution in [0.5, 0.6) is 5.75 Å². The topological polar surface area (TPSA) is 47.6 Å². The summed E-state index contributed by atoms with van der Waals surface area (Å²) in [6.07, 6.45) is 3.89. The molecule has 0 saturated carbocycles. The van der Waals surface area contributed by atoms with Crippen LogP contribution >= 0.6 is 0 Å². The van der Waals surface area contributed by atoms with E-state index in [0.29, 0.717) is 22.9 Å². The van der Waals surface area contributed by atoms with Gasteiger partial charge in [-0.25, -0.2) is 0 Å². The van der Waals surface area contributed by atoms with Crippen LogP contribution < -0.4 is 10.1 Å². The van der Waals surface area contributed by atoms with E-state index in [1.807, 2.05) is 48.5 Å². The normalized spacial score (nSPS) is 18.2. The molecule has 1 aliphatic rings. The second-order valence-electron chi connectivity index (χ2n) is 6.80. The lowest BCUT2D eigenvalue weighted by atomic mass is 9.97. The lowest BCUT2D eigenvalue weighted by molar-refractivity contribution is -0.105. The number of anilines is 1. The molecule has 0 aromatic heterocycles. The molecule has 4 heteroatoms. The maximum absolute atomic E-state index is 12.6. The standard InChI is InChI=1S/C22H27NO3/c1-3-16(2)17-11-13-18(14-12-17)22(24)23-19-8-4-5-9-20(19)26-21-10-6-7-15-25-21/h4-5,8-9,11-14,16,21H,3,6-7,10,15H2,1-2H3,(H,23,24). The highest BCUT2D eigenvalue weighted by molar-refractivity contribution is 6.05. The molecule has 2 aromatic rings. The van der Waals surface area contributed by atoms with Crippen molar-refractivity contribution in [2.24, 2.45) is 0 Å². The van der Waals surface area contributed by atoms with E-state index in [4.69, 9.17) is 9.47 Å². The summed E-state index contributed by atoms with van der Waals surface area (Å²) < 4.78 is 11.6. The van der Waals surface area contributed by atoms with Crippen LogP contribution in [-0.2, 0) is 4.74 Å². The van der Waals surface area contributed by atoms with Gasteiger partial charge in [-0.2, -0.15) is 0 Å². The highest BCUT2D eigenvalue weighted by atomic mass is 16.7. The van der Waals surface area contributed by atoms with Gasteiger partial charge in [-0.15, -0.1) is 0 Å². The molecule has 1 fully saturated rings. The molecule has 4 nitrogen and oxygen atoms in total. The third kappa shape index (κ3) is 4.64. The lowest BCUT2D eigenvalue weighted by Crippen LogP contribution is -2.25. The second-order valence-corrected chi connectivity index (χ2v) is 6.80. The van der Waals surface area contributed by atoms with Crippen molar-refractivity contribution in [1.29, 1.82) is 0 Å². The fourth-order valence-electron chi connectivity index (χ4n) is 3.01. The first-order valence-corrected chi connectivity index (χ1v) is 9.46. The first-order chi connectivity index (χ1) is 12.7. The summed E-state index contributed by atoms with van der Waals surface area (Å²) in [6, 6.07) is 15.3. The summed E-state index contributed by atoms with van der Waals surface area (Å²) in [7, 11) is 0. The second kappa shape index (κ2) is 8.86. The molecule has 1 saturated heterocycles. The number of benzene rings is 2. The Labute approximate surface area is 155 Å². The molecule has 1 amide bonds. The van der Waals surface area contributed by atoms with Crippen LogP contribution in [0.3, 0.4) is 0 Å². The van der Waals surface area contributed by atoms with E-state index < -0.39 is 0 Å². The molecule has 3 rings (SSSR count). The zero-order valence-corrected chi connectivity index (χ0v) is 15.5. The summed E-state index contributed by atoms with van der Waals surface area (Å²) in [5.41, 5.74) is 2.56. The molecule has 1 N–H and O–H groups in total. The van der Waals surface area contributed by atoms with Crippen LogP contribution in [0.1, 0.15) is 61.4 Å². The number of nitrogens with one attached hydrogen (secondary N) is 1. The molecule has 0 radical (unpaired) electrons. The van der Waals surface area contributed by atoms with Gasteiger partial charge in [0.05, 0.1) is 12.3 Å². The van der Waals surface area contributed by atoms with Gasteiger partial charge in [-0.05, 0) is 55.0 Å². The molecule has 1 heterocycles. The van der Waals surface area contributed by atoms with Crippen molar-refractivity contribution in [2.75, 3.05) is 11.9 Å². The van der Waals surface area contributed by atoms with Crippen LogP contribution in [0, 0.1) is 0 Å². The maximum atomic E-state index is 12.6. The molecule has 138 valence electrons.